The molecule has 1 aromatic heterocycles. The van der Waals surface area contributed by atoms with Crippen molar-refractivity contribution in [2.24, 2.45) is 0 Å². The van der Waals surface area contributed by atoms with E-state index in [1.807, 2.05) is 36.1 Å². The van der Waals surface area contributed by atoms with Gasteiger partial charge in [0.2, 0.25) is 0 Å². The second kappa shape index (κ2) is 7.27. The lowest BCUT2D eigenvalue weighted by atomic mass is 10.1. The van der Waals surface area contributed by atoms with E-state index < -0.39 is 0 Å². The molecule has 0 saturated carbocycles. The van der Waals surface area contributed by atoms with Gasteiger partial charge in [-0.2, -0.15) is 0 Å². The number of halogens is 2. The zero-order chi connectivity index (χ0) is 15.4. The zero-order valence-electron chi connectivity index (χ0n) is 12.0. The topological polar surface area (TPSA) is 33.5 Å². The van der Waals surface area contributed by atoms with Gasteiger partial charge in [-0.1, -0.05) is 41.1 Å². The maximum absolute atomic E-state index is 12.8. The van der Waals surface area contributed by atoms with E-state index in [0.717, 1.165) is 16.5 Å². The number of benzene rings is 1. The van der Waals surface area contributed by atoms with Gasteiger partial charge in [-0.25, -0.2) is 0 Å². The van der Waals surface area contributed by atoms with E-state index in [4.69, 9.17) is 4.42 Å². The van der Waals surface area contributed by atoms with Crippen LogP contribution in [0.2, 0.25) is 0 Å². The van der Waals surface area contributed by atoms with Crippen molar-refractivity contribution in [3.63, 3.8) is 0 Å². The number of nitrogens with zero attached hydrogens (tertiary/aromatic N) is 1. The fraction of sp³-hybridized carbons (Fsp3) is 0.312. The van der Waals surface area contributed by atoms with Gasteiger partial charge in [-0.05, 0) is 47.0 Å². The summed E-state index contributed by atoms with van der Waals surface area (Å²) < 4.78 is 6.67. The molecule has 1 aromatic carbocycles. The second-order valence-corrected chi connectivity index (χ2v) is 6.38. The third-order valence-corrected chi connectivity index (χ3v) is 4.73. The monoisotopic (exact) mass is 413 g/mol. The summed E-state index contributed by atoms with van der Waals surface area (Å²) in [6, 6.07) is 9.66. The van der Waals surface area contributed by atoms with E-state index >= 15 is 0 Å². The molecule has 5 heteroatoms. The average molecular weight is 415 g/mol. The zero-order valence-corrected chi connectivity index (χ0v) is 15.1. The Morgan fingerprint density at radius 3 is 2.57 bits per heavy atom. The van der Waals surface area contributed by atoms with Gasteiger partial charge in [0, 0.05) is 11.0 Å². The van der Waals surface area contributed by atoms with Gasteiger partial charge >= 0.3 is 0 Å². The molecular formula is C16H17Br2NO2. The maximum atomic E-state index is 12.8. The Balaban J connectivity index is 2.33. The molecule has 0 bridgehead atoms. The van der Waals surface area contributed by atoms with E-state index in [-0.39, 0.29) is 11.9 Å². The van der Waals surface area contributed by atoms with Gasteiger partial charge in [0.25, 0.3) is 5.91 Å². The molecular weight excluding hydrogens is 398 g/mol. The number of rotatable bonds is 5. The van der Waals surface area contributed by atoms with Crippen LogP contribution >= 0.6 is 31.9 Å². The molecule has 1 heterocycles. The highest BCUT2D eigenvalue weighted by atomic mass is 79.9. The number of carbonyl (C=O) groups excluding carboxylic acids is 1. The third kappa shape index (κ3) is 3.58. The first-order valence-corrected chi connectivity index (χ1v) is 8.43. The third-order valence-electron chi connectivity index (χ3n) is 3.40. The molecule has 21 heavy (non-hydrogen) atoms. The van der Waals surface area contributed by atoms with Gasteiger partial charge in [0.05, 0.1) is 17.9 Å². The van der Waals surface area contributed by atoms with Gasteiger partial charge in [0.1, 0.15) is 0 Å². The minimum absolute atomic E-state index is 0.0187. The molecule has 3 nitrogen and oxygen atoms in total. The molecule has 1 atom stereocenters. The van der Waals surface area contributed by atoms with Gasteiger partial charge in [-0.15, -0.1) is 0 Å². The van der Waals surface area contributed by atoms with Crippen molar-refractivity contribution in [1.82, 2.24) is 4.90 Å². The van der Waals surface area contributed by atoms with Crippen molar-refractivity contribution in [3.05, 3.63) is 56.9 Å². The Morgan fingerprint density at radius 2 is 2.00 bits per heavy atom. The number of hydrogen-bond donors (Lipinski definition) is 0. The first kappa shape index (κ1) is 16.3. The molecule has 112 valence electrons. The lowest BCUT2D eigenvalue weighted by Crippen LogP contribution is -2.34. The summed E-state index contributed by atoms with van der Waals surface area (Å²) in [6.07, 6.45) is 2.42. The van der Waals surface area contributed by atoms with Crippen LogP contribution in [0.15, 0.2) is 50.2 Å². The molecule has 2 rings (SSSR count). The molecule has 0 aliphatic heterocycles. The van der Waals surface area contributed by atoms with Crippen molar-refractivity contribution < 1.29 is 9.21 Å². The first-order chi connectivity index (χ1) is 10.1. The lowest BCUT2D eigenvalue weighted by molar-refractivity contribution is 0.0688. The van der Waals surface area contributed by atoms with Crippen molar-refractivity contribution in [1.29, 1.82) is 0 Å². The van der Waals surface area contributed by atoms with Crippen LogP contribution < -0.4 is 0 Å². The Hall–Kier alpha value is -1.07. The van der Waals surface area contributed by atoms with Crippen LogP contribution in [0, 0.1) is 0 Å². The van der Waals surface area contributed by atoms with E-state index in [0.29, 0.717) is 16.8 Å². The summed E-state index contributed by atoms with van der Waals surface area (Å²) in [7, 11) is 0. The average Bonchev–Trinajstić information content (AvgIpc) is 2.90. The van der Waals surface area contributed by atoms with Gasteiger partial charge in [-0.3, -0.25) is 4.79 Å². The molecule has 0 aliphatic carbocycles. The minimum Gasteiger partial charge on any atom is -0.457 e. The quantitative estimate of drug-likeness (QED) is 0.654. The molecule has 0 N–H and O–H groups in total. The molecule has 0 aliphatic rings. The Morgan fingerprint density at radius 1 is 1.29 bits per heavy atom. The predicted octanol–water partition coefficient (Wildman–Crippen LogP) is 5.42. The Labute approximate surface area is 141 Å². The highest BCUT2D eigenvalue weighted by Gasteiger charge is 2.25. The molecule has 0 radical (unpaired) electrons. The smallest absolute Gasteiger partial charge is 0.258 e. The van der Waals surface area contributed by atoms with Crippen LogP contribution in [0.3, 0.4) is 0 Å². The van der Waals surface area contributed by atoms with Crippen molar-refractivity contribution in [2.75, 3.05) is 6.54 Å². The van der Waals surface area contributed by atoms with E-state index in [2.05, 4.69) is 38.8 Å². The maximum Gasteiger partial charge on any atom is 0.258 e. The van der Waals surface area contributed by atoms with E-state index in [1.165, 1.54) is 6.26 Å². The fourth-order valence-corrected chi connectivity index (χ4v) is 3.32. The first-order valence-electron chi connectivity index (χ1n) is 6.84. The second-order valence-electron chi connectivity index (χ2n) is 4.80. The molecule has 2 aromatic rings. The molecule has 0 spiro atoms. The van der Waals surface area contributed by atoms with Crippen LogP contribution in [-0.4, -0.2) is 17.4 Å². The van der Waals surface area contributed by atoms with Crippen LogP contribution in [-0.2, 0) is 0 Å². The Kier molecular flexibility index (Phi) is 5.65. The van der Waals surface area contributed by atoms with E-state index in [1.54, 1.807) is 6.07 Å². The SMILES string of the molecule is CCCN(C(=O)c1ccoc1Br)C(C)c1ccccc1Br. The number of hydrogen-bond acceptors (Lipinski definition) is 2. The summed E-state index contributed by atoms with van der Waals surface area (Å²) in [4.78, 5) is 14.6. The lowest BCUT2D eigenvalue weighted by Gasteiger charge is -2.29. The Bertz CT molecular complexity index is 624. The van der Waals surface area contributed by atoms with E-state index in [9.17, 15) is 4.79 Å². The number of furan rings is 1. The number of amides is 1. The molecule has 0 saturated heterocycles. The molecule has 1 amide bonds. The van der Waals surface area contributed by atoms with Crippen LogP contribution in [0.4, 0.5) is 0 Å². The molecule has 0 fully saturated rings. The number of carbonyl (C=O) groups is 1. The predicted molar refractivity (Wildman–Crippen MR) is 90.3 cm³/mol. The van der Waals surface area contributed by atoms with Crippen molar-refractivity contribution in [3.8, 4) is 0 Å². The van der Waals surface area contributed by atoms with Crippen LogP contribution in [0.1, 0.15) is 42.2 Å². The van der Waals surface area contributed by atoms with Crippen LogP contribution in [0.5, 0.6) is 0 Å². The largest absolute Gasteiger partial charge is 0.457 e. The highest BCUT2D eigenvalue weighted by molar-refractivity contribution is 9.10. The summed E-state index contributed by atoms with van der Waals surface area (Å²) >= 11 is 6.85. The van der Waals surface area contributed by atoms with Gasteiger partial charge in [0.15, 0.2) is 4.67 Å². The van der Waals surface area contributed by atoms with Crippen LogP contribution in [0.25, 0.3) is 0 Å². The van der Waals surface area contributed by atoms with Gasteiger partial charge < -0.3 is 9.32 Å². The highest BCUT2D eigenvalue weighted by Crippen LogP contribution is 2.30. The molecule has 1 unspecified atom stereocenters. The fourth-order valence-electron chi connectivity index (χ4n) is 2.29. The summed E-state index contributed by atoms with van der Waals surface area (Å²) in [5.41, 5.74) is 1.65. The normalized spacial score (nSPS) is 12.2. The van der Waals surface area contributed by atoms with Crippen molar-refractivity contribution >= 4 is 37.8 Å². The summed E-state index contributed by atoms with van der Waals surface area (Å²) in [5, 5.41) is 0. The standard InChI is InChI=1S/C16H17Br2NO2/c1-3-9-19(16(20)13-8-10-21-15(13)18)11(2)12-6-4-5-7-14(12)17/h4-8,10-11H,3,9H2,1-2H3. The minimum atomic E-state index is -0.0271. The van der Waals surface area contributed by atoms with Crippen molar-refractivity contribution in [2.45, 2.75) is 26.3 Å². The summed E-state index contributed by atoms with van der Waals surface area (Å²) in [6.45, 7) is 4.80. The summed E-state index contributed by atoms with van der Waals surface area (Å²) in [5.74, 6) is -0.0271.